The number of anilines is 1. The molecule has 1 fully saturated rings. The van der Waals surface area contributed by atoms with Gasteiger partial charge in [0.25, 0.3) is 0 Å². The van der Waals surface area contributed by atoms with Crippen LogP contribution in [0.5, 0.6) is 5.75 Å². The molecule has 170 valence electrons. The van der Waals surface area contributed by atoms with Crippen molar-refractivity contribution in [3.63, 3.8) is 0 Å². The smallest absolute Gasteiger partial charge is 0.233 e. The molecule has 1 saturated heterocycles. The van der Waals surface area contributed by atoms with Crippen molar-refractivity contribution in [1.29, 1.82) is 0 Å². The molecule has 0 spiro atoms. The molecule has 1 unspecified atom stereocenters. The fraction of sp³-hybridized carbons (Fsp3) is 0.409. The zero-order valence-corrected chi connectivity index (χ0v) is 19.7. The van der Waals surface area contributed by atoms with Gasteiger partial charge in [-0.15, -0.1) is 0 Å². The van der Waals surface area contributed by atoms with Crippen LogP contribution >= 0.6 is 11.3 Å². The Morgan fingerprint density at radius 3 is 2.88 bits per heavy atom. The third-order valence-electron chi connectivity index (χ3n) is 5.43. The van der Waals surface area contributed by atoms with Crippen molar-refractivity contribution in [2.45, 2.75) is 26.3 Å². The first-order valence-corrected chi connectivity index (χ1v) is 13.2. The Hall–Kier alpha value is -2.56. The van der Waals surface area contributed by atoms with Crippen LogP contribution in [0.25, 0.3) is 10.2 Å². The van der Waals surface area contributed by atoms with Crippen molar-refractivity contribution in [2.75, 3.05) is 30.9 Å². The first-order chi connectivity index (χ1) is 15.4. The van der Waals surface area contributed by atoms with Gasteiger partial charge in [-0.3, -0.25) is 14.7 Å². The van der Waals surface area contributed by atoms with Crippen LogP contribution in [0, 0.1) is 5.92 Å². The number of amides is 1. The van der Waals surface area contributed by atoms with E-state index in [1.807, 2.05) is 37.3 Å². The summed E-state index contributed by atoms with van der Waals surface area (Å²) in [7, 11) is -3.35. The van der Waals surface area contributed by atoms with Crippen LogP contribution in [0.4, 0.5) is 5.13 Å². The van der Waals surface area contributed by atoms with E-state index < -0.39 is 15.9 Å². The second kappa shape index (κ2) is 9.51. The molecule has 0 N–H and O–H groups in total. The van der Waals surface area contributed by atoms with Crippen LogP contribution in [0.3, 0.4) is 0 Å². The summed E-state index contributed by atoms with van der Waals surface area (Å²) < 4.78 is 32.2. The number of aromatic nitrogens is 2. The number of nitrogens with zero attached hydrogens (tertiary/aromatic N) is 4. The van der Waals surface area contributed by atoms with Crippen LogP contribution in [0.1, 0.15) is 25.3 Å². The number of thiazole rings is 1. The van der Waals surface area contributed by atoms with Crippen molar-refractivity contribution >= 4 is 42.6 Å². The molecular weight excluding hydrogens is 448 g/mol. The van der Waals surface area contributed by atoms with Gasteiger partial charge in [0.15, 0.2) is 5.13 Å². The quantitative estimate of drug-likeness (QED) is 0.522. The zero-order chi connectivity index (χ0) is 22.7. The largest absolute Gasteiger partial charge is 0.492 e. The minimum absolute atomic E-state index is 0.126. The van der Waals surface area contributed by atoms with Gasteiger partial charge in [0.2, 0.25) is 15.9 Å². The van der Waals surface area contributed by atoms with Gasteiger partial charge in [-0.25, -0.2) is 17.7 Å². The molecular formula is C22H26N4O4S2. The number of carbonyl (C=O) groups excluding carboxylic acids is 1. The van der Waals surface area contributed by atoms with E-state index in [0.717, 1.165) is 15.8 Å². The number of benzene rings is 1. The summed E-state index contributed by atoms with van der Waals surface area (Å²) in [6.07, 6.45) is 5.90. The number of para-hydroxylation sites is 1. The Labute approximate surface area is 191 Å². The number of hydrogen-bond acceptors (Lipinski definition) is 7. The molecule has 10 heteroatoms. The first-order valence-electron chi connectivity index (χ1n) is 10.5. The lowest BCUT2D eigenvalue weighted by Gasteiger charge is -2.33. The fourth-order valence-corrected chi connectivity index (χ4v) is 5.78. The highest BCUT2D eigenvalue weighted by Crippen LogP contribution is 2.36. The molecule has 1 amide bonds. The predicted octanol–water partition coefficient (Wildman–Crippen LogP) is 3.29. The van der Waals surface area contributed by atoms with Gasteiger partial charge in [0.1, 0.15) is 11.3 Å². The van der Waals surface area contributed by atoms with Crippen LogP contribution < -0.4 is 9.64 Å². The van der Waals surface area contributed by atoms with E-state index in [9.17, 15) is 13.2 Å². The summed E-state index contributed by atoms with van der Waals surface area (Å²) >= 11 is 1.43. The van der Waals surface area contributed by atoms with Crippen molar-refractivity contribution in [3.05, 3.63) is 48.3 Å². The number of hydrogen-bond donors (Lipinski definition) is 0. The molecule has 32 heavy (non-hydrogen) atoms. The molecule has 2 aromatic heterocycles. The highest BCUT2D eigenvalue weighted by Gasteiger charge is 2.34. The minimum atomic E-state index is -3.35. The second-order valence-electron chi connectivity index (χ2n) is 7.78. The van der Waals surface area contributed by atoms with E-state index >= 15 is 0 Å². The summed E-state index contributed by atoms with van der Waals surface area (Å²) in [5.41, 5.74) is 1.60. The first kappa shape index (κ1) is 22.6. The molecule has 3 aromatic rings. The summed E-state index contributed by atoms with van der Waals surface area (Å²) in [5.74, 6) is 0.134. The summed E-state index contributed by atoms with van der Waals surface area (Å²) in [6.45, 7) is 3.39. The summed E-state index contributed by atoms with van der Waals surface area (Å²) in [5, 5.41) is 0.567. The van der Waals surface area contributed by atoms with E-state index in [4.69, 9.17) is 9.72 Å². The summed E-state index contributed by atoms with van der Waals surface area (Å²) in [4.78, 5) is 24.3. The normalized spacial score (nSPS) is 17.4. The molecule has 0 saturated carbocycles. The maximum absolute atomic E-state index is 13.7. The molecule has 0 aliphatic carbocycles. The van der Waals surface area contributed by atoms with Crippen LogP contribution in [-0.4, -0.2) is 54.6 Å². The van der Waals surface area contributed by atoms with E-state index in [2.05, 4.69) is 4.98 Å². The SMILES string of the molecule is CCOc1cccc2sc(N(Cc3cccnc3)C(=O)C3CCCN(S(C)(=O)=O)C3)nc12. The highest BCUT2D eigenvalue weighted by atomic mass is 32.2. The van der Waals surface area contributed by atoms with Gasteiger partial charge >= 0.3 is 0 Å². The van der Waals surface area contributed by atoms with E-state index in [1.54, 1.807) is 17.3 Å². The lowest BCUT2D eigenvalue weighted by atomic mass is 9.98. The lowest BCUT2D eigenvalue weighted by molar-refractivity contribution is -0.123. The highest BCUT2D eigenvalue weighted by molar-refractivity contribution is 7.88. The number of sulfonamides is 1. The van der Waals surface area contributed by atoms with Crippen molar-refractivity contribution in [2.24, 2.45) is 5.92 Å². The second-order valence-corrected chi connectivity index (χ2v) is 10.8. The molecule has 1 aromatic carbocycles. The Kier molecular flexibility index (Phi) is 6.73. The van der Waals surface area contributed by atoms with Crippen LogP contribution in [0.15, 0.2) is 42.7 Å². The van der Waals surface area contributed by atoms with E-state index in [-0.39, 0.29) is 12.5 Å². The summed E-state index contributed by atoms with van der Waals surface area (Å²) in [6, 6.07) is 9.48. The molecule has 1 atom stereocenters. The third kappa shape index (κ3) is 4.92. The third-order valence-corrected chi connectivity index (χ3v) is 7.75. The zero-order valence-electron chi connectivity index (χ0n) is 18.1. The molecule has 1 aliphatic rings. The van der Waals surface area contributed by atoms with Crippen molar-refractivity contribution in [1.82, 2.24) is 14.3 Å². The molecule has 4 rings (SSSR count). The Morgan fingerprint density at radius 1 is 1.31 bits per heavy atom. The monoisotopic (exact) mass is 474 g/mol. The standard InChI is InChI=1S/C22H26N4O4S2/c1-3-30-18-9-4-10-19-20(18)24-22(31-19)26(14-16-7-5-11-23-13-16)21(27)17-8-6-12-25(15-17)32(2,28)29/h4-5,7,9-11,13,17H,3,6,8,12,14-15H2,1-2H3. The molecule has 1 aliphatic heterocycles. The topological polar surface area (TPSA) is 92.7 Å². The van der Waals surface area contributed by atoms with Gasteiger partial charge in [-0.1, -0.05) is 23.5 Å². The Balaban J connectivity index is 1.70. The van der Waals surface area contributed by atoms with Gasteiger partial charge < -0.3 is 4.74 Å². The van der Waals surface area contributed by atoms with Gasteiger partial charge in [0, 0.05) is 25.5 Å². The number of fused-ring (bicyclic) bond motifs is 1. The molecule has 3 heterocycles. The Morgan fingerprint density at radius 2 is 2.16 bits per heavy atom. The maximum Gasteiger partial charge on any atom is 0.233 e. The van der Waals surface area contributed by atoms with Gasteiger partial charge in [-0.05, 0) is 43.5 Å². The van der Waals surface area contributed by atoms with E-state index in [0.29, 0.717) is 43.4 Å². The number of pyridine rings is 1. The average molecular weight is 475 g/mol. The predicted molar refractivity (Wildman–Crippen MR) is 125 cm³/mol. The number of ether oxygens (including phenoxy) is 1. The minimum Gasteiger partial charge on any atom is -0.492 e. The van der Waals surface area contributed by atoms with Crippen molar-refractivity contribution in [3.8, 4) is 5.75 Å². The number of piperidine rings is 1. The van der Waals surface area contributed by atoms with Crippen LogP contribution in [0.2, 0.25) is 0 Å². The average Bonchev–Trinajstić information content (AvgIpc) is 3.22. The molecule has 0 bridgehead atoms. The maximum atomic E-state index is 13.7. The Bertz CT molecular complexity index is 1200. The van der Waals surface area contributed by atoms with Crippen LogP contribution in [-0.2, 0) is 21.4 Å². The lowest BCUT2D eigenvalue weighted by Crippen LogP contribution is -2.46. The van der Waals surface area contributed by atoms with E-state index in [1.165, 1.54) is 21.9 Å². The number of rotatable bonds is 7. The number of carbonyl (C=O) groups is 1. The molecule has 8 nitrogen and oxygen atoms in total. The van der Waals surface area contributed by atoms with Gasteiger partial charge in [0.05, 0.1) is 30.0 Å². The van der Waals surface area contributed by atoms with Gasteiger partial charge in [-0.2, -0.15) is 0 Å². The fourth-order valence-electron chi connectivity index (χ4n) is 3.88. The van der Waals surface area contributed by atoms with Crippen molar-refractivity contribution < 1.29 is 17.9 Å². The molecule has 0 radical (unpaired) electrons.